The number of fused-ring (bicyclic) bond motifs is 1. The van der Waals surface area contributed by atoms with Crippen molar-refractivity contribution in [1.82, 2.24) is 0 Å². The Kier molecular flexibility index (Phi) is 4.38. The smallest absolute Gasteiger partial charge is 0.434 e. The molecule has 1 saturated carbocycles. The molecule has 2 radical (unpaired) electrons. The molecular weight excluding hydrogens is 293 g/mol. The molecule has 0 N–H and O–H groups in total. The average molecular weight is 309 g/mol. The van der Waals surface area contributed by atoms with Gasteiger partial charge in [0, 0.05) is 12.8 Å². The summed E-state index contributed by atoms with van der Waals surface area (Å²) in [6, 6.07) is 5.91. The van der Waals surface area contributed by atoms with Crippen LogP contribution >= 0.6 is 0 Å². The summed E-state index contributed by atoms with van der Waals surface area (Å²) in [4.78, 5) is 22.1. The zero-order chi connectivity index (χ0) is 16.3. The van der Waals surface area contributed by atoms with Crippen molar-refractivity contribution in [2.24, 2.45) is 17.0 Å². The quantitative estimate of drug-likeness (QED) is 0.279. The van der Waals surface area contributed by atoms with Crippen molar-refractivity contribution < 1.29 is 14.3 Å². The summed E-state index contributed by atoms with van der Waals surface area (Å²) in [6.45, 7) is 0.258. The van der Waals surface area contributed by atoms with Crippen LogP contribution in [0.2, 0.25) is 5.31 Å². The van der Waals surface area contributed by atoms with Gasteiger partial charge in [-0.15, -0.1) is 16.7 Å². The zero-order valence-electron chi connectivity index (χ0n) is 12.7. The molecule has 0 aliphatic heterocycles. The van der Waals surface area contributed by atoms with E-state index in [4.69, 9.17) is 17.3 Å². The van der Waals surface area contributed by atoms with Crippen LogP contribution in [0.4, 0.5) is 10.5 Å². The molecule has 0 amide bonds. The Bertz CT molecular complexity index is 663. The highest BCUT2D eigenvalue weighted by Gasteiger charge is 2.59. The number of rotatable bonds is 4. The van der Waals surface area contributed by atoms with E-state index in [0.29, 0.717) is 11.7 Å². The minimum atomic E-state index is -0.768. The number of ether oxygens (including phenoxy) is 2. The van der Waals surface area contributed by atoms with E-state index in [2.05, 4.69) is 17.0 Å². The SMILES string of the molecule is [B][C@@]12CCC#CCCC1C2COC(=O)Oc1ccc(N=O)cc1. The van der Waals surface area contributed by atoms with Gasteiger partial charge in [-0.3, -0.25) is 0 Å². The number of hydrogen-bond acceptors (Lipinski definition) is 5. The van der Waals surface area contributed by atoms with Crippen LogP contribution in [0.15, 0.2) is 29.4 Å². The molecular formula is C17H16BNO4. The number of carbonyl (C=O) groups is 1. The van der Waals surface area contributed by atoms with Gasteiger partial charge in [-0.1, -0.05) is 5.31 Å². The summed E-state index contributed by atoms with van der Waals surface area (Å²) >= 11 is 0. The topological polar surface area (TPSA) is 65.0 Å². The summed E-state index contributed by atoms with van der Waals surface area (Å²) in [5, 5.41) is 2.52. The second-order valence-corrected chi connectivity index (χ2v) is 5.97. The van der Waals surface area contributed by atoms with Crippen molar-refractivity contribution in [3.05, 3.63) is 29.2 Å². The van der Waals surface area contributed by atoms with Crippen LogP contribution in [-0.4, -0.2) is 20.6 Å². The zero-order valence-corrected chi connectivity index (χ0v) is 12.7. The van der Waals surface area contributed by atoms with E-state index in [1.165, 1.54) is 24.3 Å². The van der Waals surface area contributed by atoms with Gasteiger partial charge < -0.3 is 9.47 Å². The van der Waals surface area contributed by atoms with Gasteiger partial charge in [0.1, 0.15) is 11.4 Å². The Hall–Kier alpha value is -2.29. The molecule has 116 valence electrons. The van der Waals surface area contributed by atoms with E-state index in [9.17, 15) is 9.70 Å². The van der Waals surface area contributed by atoms with Gasteiger partial charge in [0.05, 0.1) is 14.5 Å². The average Bonchev–Trinajstić information content (AvgIpc) is 3.08. The molecule has 2 unspecified atom stereocenters. The molecule has 23 heavy (non-hydrogen) atoms. The fourth-order valence-corrected chi connectivity index (χ4v) is 3.28. The van der Waals surface area contributed by atoms with E-state index < -0.39 is 6.16 Å². The van der Waals surface area contributed by atoms with Gasteiger partial charge >= 0.3 is 6.16 Å². The highest BCUT2D eigenvalue weighted by Crippen LogP contribution is 2.68. The Morgan fingerprint density at radius 2 is 2.04 bits per heavy atom. The lowest BCUT2D eigenvalue weighted by molar-refractivity contribution is 0.0924. The molecule has 0 spiro atoms. The van der Waals surface area contributed by atoms with E-state index in [1.54, 1.807) is 0 Å². The van der Waals surface area contributed by atoms with E-state index in [1.807, 2.05) is 0 Å². The molecule has 2 aliphatic carbocycles. The number of nitroso groups, excluding NO2 is 1. The van der Waals surface area contributed by atoms with Crippen LogP contribution in [0.5, 0.6) is 5.75 Å². The molecule has 1 fully saturated rings. The summed E-state index contributed by atoms with van der Waals surface area (Å²) < 4.78 is 10.3. The van der Waals surface area contributed by atoms with Crippen LogP contribution in [0.25, 0.3) is 0 Å². The van der Waals surface area contributed by atoms with Crippen LogP contribution in [0, 0.1) is 28.6 Å². The maximum atomic E-state index is 11.7. The van der Waals surface area contributed by atoms with Crippen molar-refractivity contribution in [1.29, 1.82) is 0 Å². The molecule has 0 bridgehead atoms. The molecule has 2 aliphatic rings. The highest BCUT2D eigenvalue weighted by atomic mass is 16.7. The molecule has 0 saturated heterocycles. The first-order chi connectivity index (χ1) is 11.1. The third-order valence-corrected chi connectivity index (χ3v) is 4.67. The molecule has 5 nitrogen and oxygen atoms in total. The first-order valence-electron chi connectivity index (χ1n) is 7.66. The minimum Gasteiger partial charge on any atom is -0.434 e. The number of nitrogens with zero attached hydrogens (tertiary/aromatic N) is 1. The Morgan fingerprint density at radius 1 is 1.30 bits per heavy atom. The number of hydrogen-bond donors (Lipinski definition) is 0. The second-order valence-electron chi connectivity index (χ2n) is 5.97. The molecule has 1 aromatic carbocycles. The summed E-state index contributed by atoms with van der Waals surface area (Å²) in [6.07, 6.45) is 2.67. The summed E-state index contributed by atoms with van der Waals surface area (Å²) in [5.41, 5.74) is 0.271. The summed E-state index contributed by atoms with van der Waals surface area (Å²) in [5.74, 6) is 7.06. The Labute approximate surface area is 136 Å². The van der Waals surface area contributed by atoms with Crippen LogP contribution in [0.1, 0.15) is 25.7 Å². The molecule has 6 heteroatoms. The molecule has 1 aromatic rings. The standard InChI is InChI=1S/C17H16BNO4/c18-17-10-4-2-1-3-5-14(17)15(17)11-22-16(20)23-13-8-6-12(19-21)7-9-13/h6-9,14-15H,3-5,10-11H2/t14?,15?,17-/m0/s1. The Balaban J connectivity index is 1.48. The first kappa shape index (κ1) is 15.6. The van der Waals surface area contributed by atoms with Crippen molar-refractivity contribution in [2.45, 2.75) is 31.0 Å². The van der Waals surface area contributed by atoms with Gasteiger partial charge in [-0.2, -0.15) is 0 Å². The van der Waals surface area contributed by atoms with Gasteiger partial charge in [-0.25, -0.2) is 4.79 Å². The molecule has 3 atom stereocenters. The second kappa shape index (κ2) is 6.45. The minimum absolute atomic E-state index is 0.165. The van der Waals surface area contributed by atoms with Gasteiger partial charge in [0.25, 0.3) is 0 Å². The largest absolute Gasteiger partial charge is 0.513 e. The maximum absolute atomic E-state index is 11.7. The predicted octanol–water partition coefficient (Wildman–Crippen LogP) is 3.75. The van der Waals surface area contributed by atoms with Crippen LogP contribution < -0.4 is 4.74 Å². The molecule has 0 aromatic heterocycles. The number of benzene rings is 1. The number of carbonyl (C=O) groups excluding carboxylic acids is 1. The van der Waals surface area contributed by atoms with Crippen molar-refractivity contribution in [2.75, 3.05) is 6.61 Å². The highest BCUT2D eigenvalue weighted by molar-refractivity contribution is 6.18. The normalized spacial score (nSPS) is 28.2. The Morgan fingerprint density at radius 3 is 2.78 bits per heavy atom. The molecule has 0 heterocycles. The fraction of sp³-hybridized carbons (Fsp3) is 0.471. The lowest BCUT2D eigenvalue weighted by Gasteiger charge is -2.11. The van der Waals surface area contributed by atoms with Crippen LogP contribution in [-0.2, 0) is 4.74 Å². The lowest BCUT2D eigenvalue weighted by atomic mass is 9.75. The third-order valence-electron chi connectivity index (χ3n) is 4.67. The van der Waals surface area contributed by atoms with Gasteiger partial charge in [-0.05, 0) is 54.1 Å². The maximum Gasteiger partial charge on any atom is 0.513 e. The third kappa shape index (κ3) is 3.39. The lowest BCUT2D eigenvalue weighted by Crippen LogP contribution is -2.13. The van der Waals surface area contributed by atoms with E-state index in [-0.39, 0.29) is 23.5 Å². The van der Waals surface area contributed by atoms with Crippen molar-refractivity contribution in [3.8, 4) is 17.6 Å². The predicted molar refractivity (Wildman–Crippen MR) is 85.5 cm³/mol. The van der Waals surface area contributed by atoms with Crippen LogP contribution in [0.3, 0.4) is 0 Å². The monoisotopic (exact) mass is 309 g/mol. The van der Waals surface area contributed by atoms with Crippen molar-refractivity contribution in [3.63, 3.8) is 0 Å². The first-order valence-corrected chi connectivity index (χ1v) is 7.66. The fourth-order valence-electron chi connectivity index (χ4n) is 3.28. The van der Waals surface area contributed by atoms with E-state index >= 15 is 0 Å². The molecule has 3 rings (SSSR count). The summed E-state index contributed by atoms with van der Waals surface area (Å²) in [7, 11) is 6.40. The van der Waals surface area contributed by atoms with Gasteiger partial charge in [0.15, 0.2) is 0 Å². The van der Waals surface area contributed by atoms with Crippen molar-refractivity contribution >= 4 is 19.7 Å². The van der Waals surface area contributed by atoms with E-state index in [0.717, 1.165) is 25.7 Å². The van der Waals surface area contributed by atoms with Gasteiger partial charge in [0.2, 0.25) is 0 Å².